The van der Waals surface area contributed by atoms with Gasteiger partial charge in [-0.05, 0) is 86.9 Å². The Bertz CT molecular complexity index is 3920. The molecule has 4 nitrogen and oxygen atoms in total. The molecular formula is C58H36N4. The second kappa shape index (κ2) is 13.6. The number of aromatic nitrogens is 4. The molecule has 0 unspecified atom stereocenters. The first-order valence-corrected chi connectivity index (χ1v) is 21.2. The van der Waals surface area contributed by atoms with Gasteiger partial charge in [0.1, 0.15) is 0 Å². The third-order valence-corrected chi connectivity index (χ3v) is 12.7. The molecule has 0 aliphatic rings. The van der Waals surface area contributed by atoms with Gasteiger partial charge < -0.3 is 4.57 Å². The average Bonchev–Trinajstić information content (AvgIpc) is 3.86. The molecule has 0 radical (unpaired) electrons. The van der Waals surface area contributed by atoms with E-state index in [-0.39, 0.29) is 0 Å². The number of benzene rings is 10. The van der Waals surface area contributed by atoms with E-state index < -0.39 is 0 Å². The van der Waals surface area contributed by atoms with Crippen LogP contribution in [0.15, 0.2) is 218 Å². The van der Waals surface area contributed by atoms with E-state index in [1.54, 1.807) is 0 Å². The summed E-state index contributed by atoms with van der Waals surface area (Å²) in [5, 5.41) is 10.7. The monoisotopic (exact) mass is 788 g/mol. The van der Waals surface area contributed by atoms with E-state index in [0.717, 1.165) is 60.8 Å². The summed E-state index contributed by atoms with van der Waals surface area (Å²) in [5.74, 6) is 0.642. The summed E-state index contributed by atoms with van der Waals surface area (Å²) in [6, 6.07) is 78.6. The Kier molecular flexibility index (Phi) is 7.57. The normalized spacial score (nSPS) is 11.9. The fourth-order valence-corrected chi connectivity index (χ4v) is 9.96. The van der Waals surface area contributed by atoms with Gasteiger partial charge in [0, 0.05) is 43.6 Å². The van der Waals surface area contributed by atoms with Crippen molar-refractivity contribution in [1.82, 2.24) is 19.1 Å². The average molecular weight is 789 g/mol. The van der Waals surface area contributed by atoms with Gasteiger partial charge >= 0.3 is 0 Å². The zero-order chi connectivity index (χ0) is 40.7. The molecule has 0 fully saturated rings. The Morgan fingerprint density at radius 3 is 1.74 bits per heavy atom. The van der Waals surface area contributed by atoms with Crippen LogP contribution >= 0.6 is 0 Å². The van der Waals surface area contributed by atoms with E-state index in [2.05, 4.69) is 228 Å². The van der Waals surface area contributed by atoms with E-state index in [9.17, 15) is 0 Å². The Labute approximate surface area is 357 Å². The van der Waals surface area contributed by atoms with Crippen LogP contribution in [0.1, 0.15) is 0 Å². The molecule has 0 amide bonds. The highest BCUT2D eigenvalue weighted by atomic mass is 15.2. The van der Waals surface area contributed by atoms with Crippen molar-refractivity contribution in [3.63, 3.8) is 0 Å². The zero-order valence-corrected chi connectivity index (χ0v) is 33.6. The van der Waals surface area contributed by atoms with Crippen LogP contribution in [0.2, 0.25) is 0 Å². The van der Waals surface area contributed by atoms with Gasteiger partial charge in [0.15, 0.2) is 0 Å². The van der Waals surface area contributed by atoms with Crippen LogP contribution < -0.4 is 0 Å². The topological polar surface area (TPSA) is 35.6 Å². The summed E-state index contributed by atoms with van der Waals surface area (Å²) in [7, 11) is 0. The van der Waals surface area contributed by atoms with Gasteiger partial charge in [-0.2, -0.15) is 0 Å². The molecule has 0 aliphatic heterocycles. The first-order valence-electron chi connectivity index (χ1n) is 21.2. The summed E-state index contributed by atoms with van der Waals surface area (Å²) in [6.45, 7) is 0. The van der Waals surface area contributed by atoms with Crippen molar-refractivity contribution < 1.29 is 0 Å². The van der Waals surface area contributed by atoms with Crippen LogP contribution in [0, 0.1) is 0 Å². The number of hydrogen-bond donors (Lipinski definition) is 0. The lowest BCUT2D eigenvalue weighted by Crippen LogP contribution is -2.03. The smallest absolute Gasteiger partial charge is 0.235 e. The predicted molar refractivity (Wildman–Crippen MR) is 260 cm³/mol. The van der Waals surface area contributed by atoms with Gasteiger partial charge in [-0.25, -0.2) is 9.97 Å². The Balaban J connectivity index is 1.05. The van der Waals surface area contributed by atoms with Crippen molar-refractivity contribution >= 4 is 76.1 Å². The van der Waals surface area contributed by atoms with Crippen LogP contribution in [0.4, 0.5) is 0 Å². The number of nitrogens with zero attached hydrogens (tertiary/aromatic N) is 4. The third-order valence-electron chi connectivity index (χ3n) is 12.7. The maximum atomic E-state index is 5.52. The molecule has 13 aromatic rings. The molecule has 0 spiro atoms. The highest BCUT2D eigenvalue weighted by Crippen LogP contribution is 2.43. The molecule has 4 heteroatoms. The number of para-hydroxylation sites is 4. The molecule has 288 valence electrons. The Morgan fingerprint density at radius 2 is 0.903 bits per heavy atom. The Morgan fingerprint density at radius 1 is 0.306 bits per heavy atom. The summed E-state index contributed by atoms with van der Waals surface area (Å²) in [5.41, 5.74) is 13.2. The van der Waals surface area contributed by atoms with E-state index in [4.69, 9.17) is 9.97 Å². The predicted octanol–water partition coefficient (Wildman–Crippen LogP) is 15.1. The molecule has 62 heavy (non-hydrogen) atoms. The van der Waals surface area contributed by atoms with E-state index in [1.807, 2.05) is 0 Å². The van der Waals surface area contributed by atoms with Gasteiger partial charge in [0.2, 0.25) is 5.95 Å². The van der Waals surface area contributed by atoms with Crippen LogP contribution in [-0.4, -0.2) is 19.1 Å². The molecule has 0 atom stereocenters. The molecular weight excluding hydrogens is 753 g/mol. The second-order valence-electron chi connectivity index (χ2n) is 16.1. The summed E-state index contributed by atoms with van der Waals surface area (Å²) in [4.78, 5) is 10.9. The number of fused-ring (bicyclic) bond motifs is 10. The zero-order valence-electron chi connectivity index (χ0n) is 33.6. The van der Waals surface area contributed by atoms with E-state index >= 15 is 0 Å². The first-order chi connectivity index (χ1) is 30.8. The minimum absolute atomic E-state index is 0.642. The maximum absolute atomic E-state index is 5.52. The van der Waals surface area contributed by atoms with Gasteiger partial charge in [-0.15, -0.1) is 0 Å². The summed E-state index contributed by atoms with van der Waals surface area (Å²) in [6.07, 6.45) is 0. The van der Waals surface area contributed by atoms with Crippen LogP contribution in [0.5, 0.6) is 0 Å². The van der Waals surface area contributed by atoms with Crippen LogP contribution in [0.25, 0.3) is 121 Å². The second-order valence-corrected chi connectivity index (χ2v) is 16.1. The molecule has 3 heterocycles. The number of hydrogen-bond acceptors (Lipinski definition) is 2. The minimum atomic E-state index is 0.642. The molecule has 0 bridgehead atoms. The largest absolute Gasteiger partial charge is 0.309 e. The van der Waals surface area contributed by atoms with Gasteiger partial charge in [-0.1, -0.05) is 170 Å². The van der Waals surface area contributed by atoms with Crippen LogP contribution in [-0.2, 0) is 0 Å². The fourth-order valence-electron chi connectivity index (χ4n) is 9.96. The highest BCUT2D eigenvalue weighted by Gasteiger charge is 2.21. The van der Waals surface area contributed by atoms with E-state index in [0.29, 0.717) is 5.95 Å². The molecule has 10 aromatic carbocycles. The summed E-state index contributed by atoms with van der Waals surface area (Å²) < 4.78 is 4.69. The fraction of sp³-hybridized carbons (Fsp3) is 0. The van der Waals surface area contributed by atoms with Crippen molar-refractivity contribution in [3.8, 4) is 45.1 Å². The van der Waals surface area contributed by atoms with Crippen molar-refractivity contribution in [2.45, 2.75) is 0 Å². The summed E-state index contributed by atoms with van der Waals surface area (Å²) >= 11 is 0. The molecule has 3 aromatic heterocycles. The standard InChI is InChI=1S/C58H36N4/c1-2-20-41(21-3-1)61-53-30-12-10-25-46(53)51-36-50(44-23-6-7-26-48(44)57(51)61)39-32-33-47-45-24-9-13-31-54(45)62(55(47)35-39)58-59-52-29-11-8-27-49(52)56(60-58)40-19-14-18-38(34-40)43-28-15-17-37-16-4-5-22-42(37)43/h1-36H. The van der Waals surface area contributed by atoms with Crippen molar-refractivity contribution in [2.24, 2.45) is 0 Å². The Hall–Kier alpha value is -8.34. The van der Waals surface area contributed by atoms with Gasteiger partial charge in [0.25, 0.3) is 0 Å². The maximum Gasteiger partial charge on any atom is 0.235 e. The van der Waals surface area contributed by atoms with Gasteiger partial charge in [-0.3, -0.25) is 4.57 Å². The highest BCUT2D eigenvalue weighted by molar-refractivity contribution is 6.22. The molecule has 0 N–H and O–H groups in total. The van der Waals surface area contributed by atoms with E-state index in [1.165, 1.54) is 54.5 Å². The lowest BCUT2D eigenvalue weighted by atomic mass is 9.94. The van der Waals surface area contributed by atoms with Crippen molar-refractivity contribution in [2.75, 3.05) is 0 Å². The first kappa shape index (κ1) is 34.5. The lowest BCUT2D eigenvalue weighted by Gasteiger charge is -2.14. The minimum Gasteiger partial charge on any atom is -0.309 e. The quantitative estimate of drug-likeness (QED) is 0.174. The number of rotatable bonds is 5. The van der Waals surface area contributed by atoms with Crippen molar-refractivity contribution in [3.05, 3.63) is 218 Å². The SMILES string of the molecule is c1ccc(-n2c3ccccc3c3cc(-c4ccc5c6ccccc6n(-c6nc(-c7cccc(-c8cccc9ccccc89)c7)c7ccccc7n6)c5c4)c4ccccc4c32)cc1. The molecule has 0 saturated carbocycles. The molecule has 13 rings (SSSR count). The van der Waals surface area contributed by atoms with Crippen LogP contribution in [0.3, 0.4) is 0 Å². The molecule has 0 aliphatic carbocycles. The molecule has 0 saturated heterocycles. The van der Waals surface area contributed by atoms with Crippen molar-refractivity contribution in [1.29, 1.82) is 0 Å². The third kappa shape index (κ3) is 5.20. The lowest BCUT2D eigenvalue weighted by molar-refractivity contribution is 1.01. The van der Waals surface area contributed by atoms with Gasteiger partial charge in [0.05, 0.1) is 33.3 Å².